The summed E-state index contributed by atoms with van der Waals surface area (Å²) < 4.78 is 0. The van der Waals surface area contributed by atoms with Crippen molar-refractivity contribution in [1.29, 1.82) is 0 Å². The average molecular weight is 355 g/mol. The molecule has 2 aromatic rings. The highest BCUT2D eigenvalue weighted by molar-refractivity contribution is 6.30. The smallest absolute Gasteiger partial charge is 0.148 e. The van der Waals surface area contributed by atoms with Gasteiger partial charge in [0, 0.05) is 17.9 Å². The van der Waals surface area contributed by atoms with Gasteiger partial charge in [-0.25, -0.2) is 0 Å². The first-order valence-corrected chi connectivity index (χ1v) is 8.98. The normalized spacial score (nSPS) is 17.8. The number of hydrogen-bond acceptors (Lipinski definition) is 2. The van der Waals surface area contributed by atoms with Crippen LogP contribution in [0.4, 0.5) is 0 Å². The van der Waals surface area contributed by atoms with Crippen molar-refractivity contribution in [2.45, 2.75) is 46.5 Å². The summed E-state index contributed by atoms with van der Waals surface area (Å²) >= 11 is 5.99. The van der Waals surface area contributed by atoms with E-state index in [0.29, 0.717) is 17.9 Å². The summed E-state index contributed by atoms with van der Waals surface area (Å²) in [6.45, 7) is 8.00. The minimum absolute atomic E-state index is 0.0373. The summed E-state index contributed by atoms with van der Waals surface area (Å²) in [6.07, 6.45) is 0.903. The van der Waals surface area contributed by atoms with Crippen molar-refractivity contribution in [2.24, 2.45) is 5.41 Å². The van der Waals surface area contributed by atoms with Crippen LogP contribution in [0, 0.1) is 19.3 Å². The number of aryl methyl sites for hydroxylation is 2. The molecule has 1 saturated carbocycles. The minimum atomic E-state index is -0.625. The lowest BCUT2D eigenvalue weighted by atomic mass is 9.69. The molecule has 0 N–H and O–H groups in total. The fourth-order valence-corrected chi connectivity index (χ4v) is 3.98. The monoisotopic (exact) mass is 354 g/mol. The van der Waals surface area contributed by atoms with E-state index in [1.807, 2.05) is 58.0 Å². The molecule has 2 aromatic carbocycles. The third kappa shape index (κ3) is 3.55. The number of hydrogen-bond donors (Lipinski definition) is 0. The first-order valence-electron chi connectivity index (χ1n) is 8.60. The number of carbonyl (C=O) groups is 2. The Balaban J connectivity index is 2.08. The predicted octanol–water partition coefficient (Wildman–Crippen LogP) is 5.67. The molecule has 0 unspecified atom stereocenters. The van der Waals surface area contributed by atoms with E-state index in [-0.39, 0.29) is 17.0 Å². The molecule has 0 bridgehead atoms. The molecule has 0 heterocycles. The first kappa shape index (κ1) is 17.9. The summed E-state index contributed by atoms with van der Waals surface area (Å²) in [6, 6.07) is 11.7. The van der Waals surface area contributed by atoms with Gasteiger partial charge in [0.2, 0.25) is 0 Å². The van der Waals surface area contributed by atoms with Gasteiger partial charge in [-0.3, -0.25) is 9.59 Å². The predicted molar refractivity (Wildman–Crippen MR) is 102 cm³/mol. The van der Waals surface area contributed by atoms with E-state index in [0.717, 1.165) is 27.8 Å². The Morgan fingerprint density at radius 1 is 0.920 bits per heavy atom. The first-order chi connectivity index (χ1) is 11.7. The summed E-state index contributed by atoms with van der Waals surface area (Å²) in [7, 11) is 0. The van der Waals surface area contributed by atoms with E-state index >= 15 is 0 Å². The maximum Gasteiger partial charge on any atom is 0.148 e. The van der Waals surface area contributed by atoms with Crippen LogP contribution in [0.15, 0.2) is 36.4 Å². The molecule has 0 saturated heterocycles. The topological polar surface area (TPSA) is 34.1 Å². The third-order valence-electron chi connectivity index (χ3n) is 5.03. The minimum Gasteiger partial charge on any atom is -0.299 e. The number of ketones is 2. The van der Waals surface area contributed by atoms with Crippen LogP contribution in [0.1, 0.15) is 49.3 Å². The van der Waals surface area contributed by atoms with Crippen LogP contribution in [0.5, 0.6) is 0 Å². The zero-order valence-electron chi connectivity index (χ0n) is 15.2. The zero-order valence-corrected chi connectivity index (χ0v) is 15.9. The fourth-order valence-electron chi connectivity index (χ4n) is 3.86. The number of Topliss-reactive ketones (excluding diaryl/α,β-unsaturated/α-hetero) is 2. The van der Waals surface area contributed by atoms with Gasteiger partial charge in [0.25, 0.3) is 0 Å². The molecule has 3 heteroatoms. The van der Waals surface area contributed by atoms with Crippen molar-refractivity contribution >= 4 is 23.2 Å². The highest BCUT2D eigenvalue weighted by Crippen LogP contribution is 2.40. The van der Waals surface area contributed by atoms with Gasteiger partial charge >= 0.3 is 0 Å². The molecular weight excluding hydrogens is 332 g/mol. The van der Waals surface area contributed by atoms with Crippen LogP contribution in [0.2, 0.25) is 5.02 Å². The van der Waals surface area contributed by atoms with Crippen molar-refractivity contribution in [1.82, 2.24) is 0 Å². The van der Waals surface area contributed by atoms with Crippen molar-refractivity contribution in [3.05, 3.63) is 58.1 Å². The van der Waals surface area contributed by atoms with Crippen LogP contribution >= 0.6 is 11.6 Å². The molecule has 3 rings (SSSR count). The van der Waals surface area contributed by atoms with Crippen LogP contribution < -0.4 is 0 Å². The lowest BCUT2D eigenvalue weighted by Crippen LogP contribution is -2.36. The van der Waals surface area contributed by atoms with Gasteiger partial charge in [-0.1, -0.05) is 43.6 Å². The molecule has 2 nitrogen and oxygen atoms in total. The Hall–Kier alpha value is -1.93. The number of rotatable bonds is 2. The van der Waals surface area contributed by atoms with Gasteiger partial charge in [0.1, 0.15) is 17.5 Å². The molecule has 0 spiro atoms. The largest absolute Gasteiger partial charge is 0.299 e. The molecule has 0 aliphatic heterocycles. The lowest BCUT2D eigenvalue weighted by Gasteiger charge is -2.33. The molecule has 1 aliphatic carbocycles. The van der Waals surface area contributed by atoms with Gasteiger partial charge in [0.15, 0.2) is 0 Å². The SMILES string of the molecule is Cc1cc(C)c(C2C(=O)CC(C)(C)CC2=O)cc1-c1ccc(Cl)cc1. The quantitative estimate of drug-likeness (QED) is 0.651. The van der Waals surface area contributed by atoms with E-state index in [1.165, 1.54) is 0 Å². The van der Waals surface area contributed by atoms with Gasteiger partial charge in [-0.2, -0.15) is 0 Å². The highest BCUT2D eigenvalue weighted by atomic mass is 35.5. The Bertz CT molecular complexity index is 827. The van der Waals surface area contributed by atoms with Gasteiger partial charge < -0.3 is 0 Å². The molecule has 0 radical (unpaired) electrons. The van der Waals surface area contributed by atoms with Crippen LogP contribution in [-0.4, -0.2) is 11.6 Å². The van der Waals surface area contributed by atoms with Gasteiger partial charge in [0.05, 0.1) is 0 Å². The number of benzene rings is 2. The van der Waals surface area contributed by atoms with E-state index in [2.05, 4.69) is 6.07 Å². The molecule has 1 aliphatic rings. The van der Waals surface area contributed by atoms with Gasteiger partial charge in [-0.05, 0) is 65.3 Å². The lowest BCUT2D eigenvalue weighted by molar-refractivity contribution is -0.135. The second kappa shape index (κ2) is 6.42. The maximum atomic E-state index is 12.7. The number of carbonyl (C=O) groups excluding carboxylic acids is 2. The zero-order chi connectivity index (χ0) is 18.4. The van der Waals surface area contributed by atoms with Crippen LogP contribution in [-0.2, 0) is 9.59 Å². The Kier molecular flexibility index (Phi) is 4.59. The van der Waals surface area contributed by atoms with E-state index in [1.54, 1.807) is 0 Å². The molecule has 25 heavy (non-hydrogen) atoms. The summed E-state index contributed by atoms with van der Waals surface area (Å²) in [5, 5.41) is 0.689. The molecule has 0 atom stereocenters. The molecule has 0 amide bonds. The van der Waals surface area contributed by atoms with Crippen molar-refractivity contribution in [2.75, 3.05) is 0 Å². The summed E-state index contributed by atoms with van der Waals surface area (Å²) in [4.78, 5) is 25.4. The Morgan fingerprint density at radius 2 is 1.48 bits per heavy atom. The summed E-state index contributed by atoms with van der Waals surface area (Å²) in [5.41, 5.74) is 4.83. The second-order valence-electron chi connectivity index (χ2n) is 7.91. The van der Waals surface area contributed by atoms with Crippen molar-refractivity contribution in [3.63, 3.8) is 0 Å². The molecule has 130 valence electrons. The maximum absolute atomic E-state index is 12.7. The molecular formula is C22H23ClO2. The van der Waals surface area contributed by atoms with E-state index < -0.39 is 5.92 Å². The third-order valence-corrected chi connectivity index (χ3v) is 5.28. The Morgan fingerprint density at radius 3 is 2.04 bits per heavy atom. The highest BCUT2D eigenvalue weighted by Gasteiger charge is 2.41. The van der Waals surface area contributed by atoms with E-state index in [4.69, 9.17) is 11.6 Å². The standard InChI is InChI=1S/C22H23ClO2/c1-13-9-14(2)18(10-17(13)15-5-7-16(23)8-6-15)21-19(24)11-22(3,4)12-20(21)25/h5-10,21H,11-12H2,1-4H3. The summed E-state index contributed by atoms with van der Waals surface area (Å²) in [5.74, 6) is -0.551. The van der Waals surface area contributed by atoms with Gasteiger partial charge in [-0.15, -0.1) is 0 Å². The second-order valence-corrected chi connectivity index (χ2v) is 8.35. The fraction of sp³-hybridized carbons (Fsp3) is 0.364. The van der Waals surface area contributed by atoms with E-state index in [9.17, 15) is 9.59 Å². The average Bonchev–Trinajstić information content (AvgIpc) is 2.48. The van der Waals surface area contributed by atoms with Crippen molar-refractivity contribution in [3.8, 4) is 11.1 Å². The Labute approximate surface area is 154 Å². The van der Waals surface area contributed by atoms with Crippen LogP contribution in [0.25, 0.3) is 11.1 Å². The molecule has 0 aromatic heterocycles. The molecule has 1 fully saturated rings. The van der Waals surface area contributed by atoms with Crippen LogP contribution in [0.3, 0.4) is 0 Å². The van der Waals surface area contributed by atoms with Crippen molar-refractivity contribution < 1.29 is 9.59 Å². The number of halogens is 1.